The summed E-state index contributed by atoms with van der Waals surface area (Å²) in [7, 11) is 2.08. The minimum atomic E-state index is -0.179. The molecule has 21 nitrogen and oxygen atoms in total. The molecule has 140 heavy (non-hydrogen) atoms. The highest BCUT2D eigenvalue weighted by Crippen LogP contribution is 2.32. The molecule has 6 atom stereocenters. The van der Waals surface area contributed by atoms with E-state index in [0.717, 1.165) is 127 Å². The lowest BCUT2D eigenvalue weighted by Crippen LogP contribution is -2.57. The van der Waals surface area contributed by atoms with Crippen molar-refractivity contribution in [3.8, 4) is 0 Å². The molecule has 0 saturated carbocycles. The molecule has 792 valence electrons. The zero-order valence-corrected chi connectivity index (χ0v) is 94.6. The molecule has 0 bridgehead atoms. The number of hydrogen-bond donors (Lipinski definition) is 5. The van der Waals surface area contributed by atoms with Gasteiger partial charge in [0.05, 0.1) is 13.2 Å². The second-order valence-electron chi connectivity index (χ2n) is 49.4. The van der Waals surface area contributed by atoms with E-state index in [4.69, 9.17) is 4.74 Å². The molecule has 9 amide bonds. The zero-order chi connectivity index (χ0) is 104. The fourth-order valence-electron chi connectivity index (χ4n) is 18.7. The monoisotopic (exact) mass is 1940 g/mol. The van der Waals surface area contributed by atoms with E-state index in [1.165, 1.54) is 144 Å². The summed E-state index contributed by atoms with van der Waals surface area (Å²) in [5.41, 5.74) is 7.62. The second kappa shape index (κ2) is 60.3. The smallest absolute Gasteiger partial charge is 0.317 e. The molecular formula is C119H205N15O6. The van der Waals surface area contributed by atoms with Crippen LogP contribution in [0.4, 0.5) is 19.2 Å². The third-order valence-corrected chi connectivity index (χ3v) is 27.5. The Morgan fingerprint density at radius 1 is 0.336 bits per heavy atom. The number of amides is 9. The summed E-state index contributed by atoms with van der Waals surface area (Å²) >= 11 is 0. The molecule has 0 spiro atoms. The second-order valence-corrected chi connectivity index (χ2v) is 49.4. The van der Waals surface area contributed by atoms with Crippen molar-refractivity contribution < 1.29 is 28.7 Å². The van der Waals surface area contributed by atoms with Crippen molar-refractivity contribution in [2.24, 2.45) is 41.4 Å². The third kappa shape index (κ3) is 50.7. The Morgan fingerprint density at radius 3 is 1.02 bits per heavy atom. The predicted molar refractivity (Wildman–Crippen MR) is 592 cm³/mol. The predicted octanol–water partition coefficient (Wildman–Crippen LogP) is 22.9. The molecule has 9 fully saturated rings. The van der Waals surface area contributed by atoms with Crippen molar-refractivity contribution in [3.05, 3.63) is 179 Å². The van der Waals surface area contributed by atoms with Crippen LogP contribution in [0, 0.1) is 41.4 Å². The molecule has 9 aliphatic rings. The lowest BCUT2D eigenvalue weighted by molar-refractivity contribution is -0.134. The van der Waals surface area contributed by atoms with Crippen molar-refractivity contribution in [1.29, 1.82) is 0 Å². The minimum absolute atomic E-state index is 0.0100. The summed E-state index contributed by atoms with van der Waals surface area (Å²) in [5, 5.41) is 15.4. The van der Waals surface area contributed by atoms with Crippen molar-refractivity contribution in [1.82, 2.24) is 75.6 Å². The number of carbonyl (C=O) groups excluding carboxylic acids is 5. The Hall–Kier alpha value is -7.63. The van der Waals surface area contributed by atoms with E-state index >= 15 is 0 Å². The van der Waals surface area contributed by atoms with E-state index in [9.17, 15) is 24.0 Å². The molecule has 9 heterocycles. The fraction of sp³-hybridized carbons (Fsp3) is 0.706. The first-order valence-corrected chi connectivity index (χ1v) is 54.3. The molecule has 0 radical (unpaired) electrons. The Labute approximate surface area is 855 Å². The van der Waals surface area contributed by atoms with Gasteiger partial charge in [-0.1, -0.05) is 193 Å². The van der Waals surface area contributed by atoms with Gasteiger partial charge in [0, 0.05) is 154 Å². The highest BCUT2D eigenvalue weighted by molar-refractivity contribution is 5.81. The fourth-order valence-corrected chi connectivity index (χ4v) is 18.7. The maximum absolute atomic E-state index is 12.2. The molecule has 14 rings (SSSR count). The molecule has 5 aromatic carbocycles. The summed E-state index contributed by atoms with van der Waals surface area (Å²) in [6.07, 6.45) is 17.4. The molecule has 0 aromatic heterocycles. The highest BCUT2D eigenvalue weighted by atomic mass is 16.5. The van der Waals surface area contributed by atoms with E-state index < -0.39 is 0 Å². The van der Waals surface area contributed by atoms with Gasteiger partial charge in [0.15, 0.2) is 0 Å². The van der Waals surface area contributed by atoms with Crippen LogP contribution < -0.4 is 26.6 Å². The summed E-state index contributed by atoms with van der Waals surface area (Å²) in [6.45, 7) is 87.0. The molecule has 6 unspecified atom stereocenters. The van der Waals surface area contributed by atoms with Crippen molar-refractivity contribution >= 4 is 30.0 Å². The maximum atomic E-state index is 12.2. The molecule has 0 aliphatic carbocycles. The first kappa shape index (κ1) is 123. The van der Waals surface area contributed by atoms with Crippen LogP contribution in [0.3, 0.4) is 0 Å². The lowest BCUT2D eigenvalue weighted by Gasteiger charge is -2.43. The highest BCUT2D eigenvalue weighted by Gasteiger charge is 2.38. The normalized spacial score (nSPS) is 21.2. The van der Waals surface area contributed by atoms with Crippen molar-refractivity contribution in [2.75, 3.05) is 151 Å². The van der Waals surface area contributed by atoms with Crippen LogP contribution in [0.15, 0.2) is 152 Å². The topological polar surface area (TPSA) is 187 Å². The van der Waals surface area contributed by atoms with Gasteiger partial charge in [-0.3, -0.25) is 24.4 Å². The number of morpholine rings is 1. The van der Waals surface area contributed by atoms with E-state index in [0.29, 0.717) is 66.7 Å². The van der Waals surface area contributed by atoms with Crippen molar-refractivity contribution in [2.45, 2.75) is 355 Å². The number of ether oxygens (including phenoxy) is 1. The van der Waals surface area contributed by atoms with E-state index in [1.54, 1.807) is 4.90 Å². The van der Waals surface area contributed by atoms with Gasteiger partial charge < -0.3 is 60.7 Å². The van der Waals surface area contributed by atoms with Gasteiger partial charge in [0.1, 0.15) is 0 Å². The number of likely N-dealkylation sites (tertiary alicyclic amines) is 5. The Balaban J connectivity index is 0.000000278. The molecule has 21 heteroatoms. The summed E-state index contributed by atoms with van der Waals surface area (Å²) in [6, 6.07) is 54.3. The van der Waals surface area contributed by atoms with Crippen molar-refractivity contribution in [3.63, 3.8) is 0 Å². The number of likely N-dealkylation sites (N-methyl/N-ethyl adjacent to an activating group) is 1. The zero-order valence-electron chi connectivity index (χ0n) is 94.6. The number of nitrogens with zero attached hydrogens (tertiary/aromatic N) is 10. The molecular weight excluding hydrogens is 1740 g/mol. The Morgan fingerprint density at radius 2 is 0.664 bits per heavy atom. The molecule has 5 aromatic rings. The lowest BCUT2D eigenvalue weighted by atomic mass is 9.86. The van der Waals surface area contributed by atoms with Crippen LogP contribution >= 0.6 is 0 Å². The van der Waals surface area contributed by atoms with Crippen LogP contribution in [0.1, 0.15) is 300 Å². The number of carbonyl (C=O) groups is 5. The maximum Gasteiger partial charge on any atom is 0.317 e. The first-order valence-electron chi connectivity index (χ1n) is 54.3. The van der Waals surface area contributed by atoms with E-state index in [1.807, 2.05) is 115 Å². The van der Waals surface area contributed by atoms with Crippen LogP contribution in [0.2, 0.25) is 0 Å². The number of piperazine rings is 2. The van der Waals surface area contributed by atoms with E-state index in [-0.39, 0.29) is 51.8 Å². The average molecular weight is 1940 g/mol. The summed E-state index contributed by atoms with van der Waals surface area (Å²) < 4.78 is 5.16. The number of urea groups is 4. The summed E-state index contributed by atoms with van der Waals surface area (Å²) in [5.74, 6) is 5.67. The van der Waals surface area contributed by atoms with Gasteiger partial charge in [0.2, 0.25) is 5.91 Å². The van der Waals surface area contributed by atoms with Crippen LogP contribution in [-0.2, 0) is 41.8 Å². The van der Waals surface area contributed by atoms with Crippen LogP contribution in [-0.4, -0.2) is 281 Å². The average Bonchev–Trinajstić information content (AvgIpc) is 1.62. The number of piperidine rings is 3. The third-order valence-electron chi connectivity index (χ3n) is 27.5. The van der Waals surface area contributed by atoms with Gasteiger partial charge in [0.25, 0.3) is 0 Å². The largest absolute Gasteiger partial charge is 0.378 e. The first-order chi connectivity index (χ1) is 65.5. The Bertz CT molecular complexity index is 4170. The molecule has 9 aliphatic heterocycles. The van der Waals surface area contributed by atoms with Gasteiger partial charge >= 0.3 is 24.1 Å². The Kier molecular flexibility index (Phi) is 52.9. The summed E-state index contributed by atoms with van der Waals surface area (Å²) in [4.78, 5) is 81.3. The van der Waals surface area contributed by atoms with Gasteiger partial charge in [-0.25, -0.2) is 19.2 Å². The van der Waals surface area contributed by atoms with Gasteiger partial charge in [-0.15, -0.1) is 0 Å². The SMILES string of the molecule is CC(C)(C)N1CCC(Cc2ccccc2)C1.CC(C)(C)N1CCC(Cc2ccccc2)CC1.CC(C)(C)NC(=O)N1CCC(Cc2ccccc2)C1.CC(C)(C)NC(=O)N1CCOCC1.CC1CCN(C(C)(C)C)CC1C.CC1CN(C(=O)NC(C)(C)C)CCN1Cc1ccccc1.CCC.CCC1CCN(C(C)(C)C)C1=O.CN1CCN(C(=O)NC(C)(C)C)CC1.c1ccc(CC2CCNCC2)cc1. The number of hydrogen-bond acceptors (Lipinski definition) is 12. The molecule has 9 saturated heterocycles. The minimum Gasteiger partial charge on any atom is -0.378 e. The van der Waals surface area contributed by atoms with Gasteiger partial charge in [-0.05, 0) is 366 Å². The van der Waals surface area contributed by atoms with Crippen LogP contribution in [0.25, 0.3) is 0 Å². The standard InChI is InChI=1S/C17H27N3O.C16H24N2O.C16H25N.C15H23N.C12H17N.C11H23N.C10H21N3O.C10H19NO.C9H18N2O2.C3H8/c1-14-12-20(16(21)18-17(2,3)4)11-10-19(14)13-15-8-6-5-7-9-15;1-16(2,3)17-15(19)18-10-9-14(12-18)11-13-7-5-4-6-8-13;1-16(2,3)17-11-9-15(10-12-17)13-14-7-5-4-6-8-14;1-15(2,3)16-10-9-14(12-16)11-13-7-5-4-6-8-13;1-2-4-11(5-3-1)10-12-6-8-13-9-7-12;1-9-6-7-12(8-10(9)2)11(3,4)5;1-10(2,3)11-9(14)13-7-5-12(4)6-8-13;1-5-8-6-7-11(9(8)12)10(2,3)4;1-9(2,3)10-8(12)11-4-6-13-7-5-11;1-3-2/h5-9,14H,10-13H2,1-4H3,(H,18,21);4-8,14H,9-12H2,1-3H3,(H,17,19);4-8,15H,9-13H2,1-3H3;4-8,14H,9-12H2,1-3H3;1-5,12-13H,6-10H2;9-10H,6-8H2,1-5H3;5-8H2,1-4H3,(H,11,14);8H,5-7H2,1-4H3;4-7H2,1-3H3,(H,10,12);3H2,1-2H3. The van der Waals surface area contributed by atoms with E-state index in [2.05, 4.69) is 322 Å². The number of rotatable bonds is 11. The molecule has 5 N–H and O–H groups in total. The van der Waals surface area contributed by atoms with Gasteiger partial charge in [-0.2, -0.15) is 0 Å². The van der Waals surface area contributed by atoms with Crippen LogP contribution in [0.5, 0.6) is 0 Å². The quantitative estimate of drug-likeness (QED) is 0.0844. The number of nitrogens with one attached hydrogen (secondary N) is 5. The number of benzene rings is 5.